The zero-order chi connectivity index (χ0) is 24.9. The Labute approximate surface area is 204 Å². The number of hydrogen-bond acceptors (Lipinski definition) is 9. The number of ketones is 1. The molecule has 9 nitrogen and oxygen atoms in total. The van der Waals surface area contributed by atoms with Gasteiger partial charge >= 0.3 is 0 Å². The molecule has 178 valence electrons. The van der Waals surface area contributed by atoms with Crippen LogP contribution in [0.25, 0.3) is 11.1 Å². The molecule has 1 aromatic carbocycles. The lowest BCUT2D eigenvalue weighted by molar-refractivity contribution is 0.101. The number of carbonyl (C=O) groups is 2. The van der Waals surface area contributed by atoms with Gasteiger partial charge in [0.1, 0.15) is 18.2 Å². The molecule has 0 aliphatic rings. The number of aromatic nitrogens is 4. The first-order valence-corrected chi connectivity index (χ1v) is 11.2. The van der Waals surface area contributed by atoms with Gasteiger partial charge < -0.3 is 9.47 Å². The predicted molar refractivity (Wildman–Crippen MR) is 127 cm³/mol. The normalized spacial score (nSPS) is 10.6. The Balaban J connectivity index is 1.50. The highest BCUT2D eigenvalue weighted by atomic mass is 32.1. The molecule has 0 atom stereocenters. The second-order valence-corrected chi connectivity index (χ2v) is 8.34. The zero-order valence-corrected chi connectivity index (χ0v) is 19.9. The minimum Gasteiger partial charge on any atom is -0.496 e. The van der Waals surface area contributed by atoms with Crippen molar-refractivity contribution in [1.29, 1.82) is 0 Å². The van der Waals surface area contributed by atoms with Gasteiger partial charge in [0.15, 0.2) is 5.78 Å². The third-order valence-electron chi connectivity index (χ3n) is 4.95. The first-order valence-electron chi connectivity index (χ1n) is 10.4. The highest BCUT2D eigenvalue weighted by Gasteiger charge is 2.21. The van der Waals surface area contributed by atoms with Crippen LogP contribution in [0.3, 0.4) is 0 Å². The highest BCUT2D eigenvalue weighted by Crippen LogP contribution is 2.35. The number of pyridine rings is 2. The number of nitrogens with one attached hydrogen (secondary N) is 1. The molecule has 35 heavy (non-hydrogen) atoms. The first kappa shape index (κ1) is 23.9. The van der Waals surface area contributed by atoms with Crippen molar-refractivity contribution in [3.05, 3.63) is 77.1 Å². The van der Waals surface area contributed by atoms with Crippen LogP contribution in [0.4, 0.5) is 9.52 Å². The Morgan fingerprint density at radius 1 is 1.11 bits per heavy atom. The highest BCUT2D eigenvalue weighted by molar-refractivity contribution is 7.17. The number of methoxy groups -OCH3 is 1. The van der Waals surface area contributed by atoms with E-state index in [1.165, 1.54) is 38.6 Å². The lowest BCUT2D eigenvalue weighted by Crippen LogP contribution is -2.14. The van der Waals surface area contributed by atoms with Gasteiger partial charge in [-0.3, -0.25) is 24.9 Å². The molecule has 3 heterocycles. The first-order chi connectivity index (χ1) is 16.9. The van der Waals surface area contributed by atoms with E-state index in [4.69, 9.17) is 9.47 Å². The zero-order valence-electron chi connectivity index (χ0n) is 19.0. The molecule has 0 spiro atoms. The summed E-state index contributed by atoms with van der Waals surface area (Å²) < 4.78 is 25.6. The Hall–Kier alpha value is -4.25. The van der Waals surface area contributed by atoms with Crippen LogP contribution in [0.15, 0.2) is 48.8 Å². The molecule has 0 radical (unpaired) electrons. The Morgan fingerprint density at radius 2 is 1.94 bits per heavy atom. The number of aryl methyl sites for hydroxylation is 1. The van der Waals surface area contributed by atoms with Gasteiger partial charge in [0.25, 0.3) is 11.1 Å². The Morgan fingerprint density at radius 3 is 2.66 bits per heavy atom. The van der Waals surface area contributed by atoms with Crippen LogP contribution in [0.2, 0.25) is 0 Å². The summed E-state index contributed by atoms with van der Waals surface area (Å²) in [6.07, 6.45) is 2.85. The maximum absolute atomic E-state index is 14.7. The van der Waals surface area contributed by atoms with Gasteiger partial charge in [-0.2, -0.15) is 0 Å². The average Bonchev–Trinajstić information content (AvgIpc) is 3.29. The molecule has 0 fully saturated rings. The molecule has 0 bridgehead atoms. The van der Waals surface area contributed by atoms with Crippen LogP contribution in [0, 0.1) is 12.7 Å². The summed E-state index contributed by atoms with van der Waals surface area (Å²) in [4.78, 5) is 32.8. The van der Waals surface area contributed by atoms with Crippen molar-refractivity contribution in [3.8, 4) is 22.1 Å². The van der Waals surface area contributed by atoms with Gasteiger partial charge in [-0.05, 0) is 55.5 Å². The van der Waals surface area contributed by atoms with Gasteiger partial charge in [0.05, 0.1) is 23.9 Å². The van der Waals surface area contributed by atoms with E-state index >= 15 is 0 Å². The summed E-state index contributed by atoms with van der Waals surface area (Å²) in [5.41, 5.74) is 2.36. The summed E-state index contributed by atoms with van der Waals surface area (Å²) >= 11 is 1.02. The van der Waals surface area contributed by atoms with E-state index in [0.717, 1.165) is 11.3 Å². The van der Waals surface area contributed by atoms with Crippen molar-refractivity contribution >= 4 is 28.2 Å². The van der Waals surface area contributed by atoms with E-state index in [1.807, 2.05) is 0 Å². The van der Waals surface area contributed by atoms with Crippen LogP contribution < -0.4 is 14.8 Å². The fourth-order valence-corrected chi connectivity index (χ4v) is 3.81. The van der Waals surface area contributed by atoms with E-state index < -0.39 is 11.7 Å². The van der Waals surface area contributed by atoms with E-state index in [9.17, 15) is 14.0 Å². The Bertz CT molecular complexity index is 1390. The molecule has 0 saturated carbocycles. The second kappa shape index (κ2) is 10.3. The maximum Gasteiger partial charge on any atom is 0.296 e. The molecule has 4 aromatic rings. The minimum atomic E-state index is -0.540. The van der Waals surface area contributed by atoms with Crippen LogP contribution in [-0.2, 0) is 6.61 Å². The predicted octanol–water partition coefficient (Wildman–Crippen LogP) is 4.49. The third kappa shape index (κ3) is 5.46. The lowest BCUT2D eigenvalue weighted by Gasteiger charge is -2.14. The molecular formula is C24H20FN5O4S. The van der Waals surface area contributed by atoms with Crippen molar-refractivity contribution in [1.82, 2.24) is 20.2 Å². The standard InChI is InChI=1S/C24H20FN5O4S/c1-13-9-17(21-19(25)5-4-6-20(21)33-3)18(11-26-13)22(32)28-23-29-30-24(35-23)34-12-16-8-7-15(10-27-16)14(2)31/h4-11H,12H2,1-3H3,(H,28,29,32). The topological polar surface area (TPSA) is 116 Å². The number of halogens is 1. The largest absolute Gasteiger partial charge is 0.496 e. The number of rotatable bonds is 8. The minimum absolute atomic E-state index is 0.0742. The second-order valence-electron chi connectivity index (χ2n) is 7.40. The number of benzene rings is 1. The maximum atomic E-state index is 14.7. The molecule has 3 aromatic heterocycles. The third-order valence-corrected chi connectivity index (χ3v) is 5.70. The fraction of sp³-hybridized carbons (Fsp3) is 0.167. The molecule has 4 rings (SSSR count). The number of nitrogens with zero attached hydrogens (tertiary/aromatic N) is 4. The van der Waals surface area contributed by atoms with Crippen molar-refractivity contribution in [2.75, 3.05) is 12.4 Å². The Kier molecular flexibility index (Phi) is 7.06. The van der Waals surface area contributed by atoms with E-state index in [-0.39, 0.29) is 33.8 Å². The van der Waals surface area contributed by atoms with Crippen molar-refractivity contribution < 1.29 is 23.5 Å². The molecule has 0 saturated heterocycles. The smallest absolute Gasteiger partial charge is 0.296 e. The SMILES string of the molecule is COc1cccc(F)c1-c1cc(C)ncc1C(=O)Nc1nnc(OCc2ccc(C(C)=O)cn2)s1. The van der Waals surface area contributed by atoms with E-state index in [1.54, 1.807) is 31.2 Å². The molecule has 11 heteroatoms. The molecule has 1 N–H and O–H groups in total. The van der Waals surface area contributed by atoms with Crippen molar-refractivity contribution in [2.24, 2.45) is 0 Å². The van der Waals surface area contributed by atoms with Gasteiger partial charge in [-0.25, -0.2) is 4.39 Å². The number of ether oxygens (including phenoxy) is 2. The number of anilines is 1. The number of hydrogen-bond donors (Lipinski definition) is 1. The van der Waals surface area contributed by atoms with Crippen molar-refractivity contribution in [2.45, 2.75) is 20.5 Å². The summed E-state index contributed by atoms with van der Waals surface area (Å²) in [6.45, 7) is 3.32. The summed E-state index contributed by atoms with van der Waals surface area (Å²) in [5.74, 6) is -0.849. The van der Waals surface area contributed by atoms with Gasteiger partial charge in [0, 0.05) is 29.2 Å². The van der Waals surface area contributed by atoms with Crippen LogP contribution in [0.5, 0.6) is 10.9 Å². The van der Waals surface area contributed by atoms with Gasteiger partial charge in [-0.15, -0.1) is 5.10 Å². The van der Waals surface area contributed by atoms with E-state index in [2.05, 4.69) is 25.5 Å². The summed E-state index contributed by atoms with van der Waals surface area (Å²) in [7, 11) is 1.43. The molecule has 0 aliphatic carbocycles. The molecule has 0 unspecified atom stereocenters. The van der Waals surface area contributed by atoms with E-state index in [0.29, 0.717) is 28.3 Å². The number of Topliss-reactive ketones (excluding diaryl/α,β-unsaturated/α-hetero) is 1. The fourth-order valence-electron chi connectivity index (χ4n) is 3.22. The van der Waals surface area contributed by atoms with Gasteiger partial charge in [0.2, 0.25) is 5.13 Å². The average molecular weight is 494 g/mol. The quantitative estimate of drug-likeness (QED) is 0.357. The number of carbonyl (C=O) groups excluding carboxylic acids is 2. The molecular weight excluding hydrogens is 473 g/mol. The molecule has 1 amide bonds. The monoisotopic (exact) mass is 493 g/mol. The summed E-state index contributed by atoms with van der Waals surface area (Å²) in [6, 6.07) is 9.41. The van der Waals surface area contributed by atoms with Crippen molar-refractivity contribution in [3.63, 3.8) is 0 Å². The lowest BCUT2D eigenvalue weighted by atomic mass is 9.98. The summed E-state index contributed by atoms with van der Waals surface area (Å²) in [5, 5.41) is 10.9. The van der Waals surface area contributed by atoms with Gasteiger partial charge in [-0.1, -0.05) is 11.2 Å². The van der Waals surface area contributed by atoms with Crippen LogP contribution in [-0.4, -0.2) is 39.0 Å². The molecule has 0 aliphatic heterocycles. The number of amides is 1. The van der Waals surface area contributed by atoms with Crippen LogP contribution >= 0.6 is 11.3 Å². The van der Waals surface area contributed by atoms with Crippen LogP contribution in [0.1, 0.15) is 39.0 Å².